The summed E-state index contributed by atoms with van der Waals surface area (Å²) in [6.45, 7) is 8.74. The van der Waals surface area contributed by atoms with Crippen LogP contribution in [0.4, 0.5) is 5.69 Å². The number of carboxylic acid groups (broad SMARTS) is 2. The van der Waals surface area contributed by atoms with Gasteiger partial charge in [-0.1, -0.05) is 42.5 Å². The summed E-state index contributed by atoms with van der Waals surface area (Å²) in [6.07, 6.45) is 1.95. The van der Waals surface area contributed by atoms with Crippen molar-refractivity contribution in [2.24, 2.45) is 0 Å². The molecule has 0 spiro atoms. The van der Waals surface area contributed by atoms with Crippen LogP contribution in [-0.2, 0) is 11.3 Å². The molecule has 0 radical (unpaired) electrons. The fourth-order valence-corrected chi connectivity index (χ4v) is 5.12. The summed E-state index contributed by atoms with van der Waals surface area (Å²) < 4.78 is 0. The van der Waals surface area contributed by atoms with E-state index in [1.165, 1.54) is 17.7 Å². The van der Waals surface area contributed by atoms with Crippen molar-refractivity contribution in [1.29, 1.82) is 0 Å². The molecular formula is C32H35N3O6. The Hall–Kier alpha value is -4.34. The molecule has 3 aromatic rings. The Bertz CT molecular complexity index is 1370. The van der Waals surface area contributed by atoms with Crippen LogP contribution in [-0.4, -0.2) is 82.9 Å². The molecule has 214 valence electrons. The number of para-hydroxylation sites is 1. The third kappa shape index (κ3) is 7.87. The van der Waals surface area contributed by atoms with E-state index in [2.05, 4.69) is 40.1 Å². The second kappa shape index (κ2) is 13.8. The maximum absolute atomic E-state index is 12.2. The second-order valence-corrected chi connectivity index (χ2v) is 10.3. The number of aryl methyl sites for hydroxylation is 1. The molecule has 2 heterocycles. The van der Waals surface area contributed by atoms with Gasteiger partial charge < -0.3 is 20.0 Å². The highest BCUT2D eigenvalue weighted by atomic mass is 16.4. The number of fused-ring (bicyclic) bond motifs is 1. The minimum absolute atomic E-state index is 0.00241. The molecule has 0 saturated carbocycles. The standard InChI is InChI=1S/C23H27N3O2.C9H8O4/c27-22-20-10-4-5-11-21(20)26(23(22)28)13-7-6-12-24-14-16-25(17-15-24)18-19-8-2-1-3-9-19;1-5-2-6(8(10)11)4-7(3-5)9(12)13/h1-5,8-11H,6-7,12-18H2;2-4H,1H3,(H,10,11)(H,12,13). The van der Waals surface area contributed by atoms with E-state index in [1.807, 2.05) is 18.2 Å². The third-order valence-electron chi connectivity index (χ3n) is 7.27. The van der Waals surface area contributed by atoms with E-state index in [0.717, 1.165) is 63.9 Å². The molecule has 0 aliphatic carbocycles. The van der Waals surface area contributed by atoms with E-state index in [4.69, 9.17) is 10.2 Å². The molecule has 3 aromatic carbocycles. The highest BCUT2D eigenvalue weighted by Gasteiger charge is 2.34. The Kier molecular flexibility index (Phi) is 10.00. The molecule has 2 aliphatic heterocycles. The number of amides is 1. The first kappa shape index (κ1) is 29.6. The molecule has 0 aromatic heterocycles. The van der Waals surface area contributed by atoms with Gasteiger partial charge in [0, 0.05) is 39.3 Å². The van der Waals surface area contributed by atoms with Gasteiger partial charge in [-0.3, -0.25) is 14.5 Å². The van der Waals surface area contributed by atoms with E-state index >= 15 is 0 Å². The van der Waals surface area contributed by atoms with Gasteiger partial charge in [0.1, 0.15) is 0 Å². The topological polar surface area (TPSA) is 118 Å². The second-order valence-electron chi connectivity index (χ2n) is 10.3. The number of hydrogen-bond donors (Lipinski definition) is 2. The highest BCUT2D eigenvalue weighted by molar-refractivity contribution is 6.52. The van der Waals surface area contributed by atoms with Crippen LogP contribution >= 0.6 is 0 Å². The Morgan fingerprint density at radius 1 is 0.732 bits per heavy atom. The predicted octanol–water partition coefficient (Wildman–Crippen LogP) is 4.21. The van der Waals surface area contributed by atoms with Crippen molar-refractivity contribution >= 4 is 29.3 Å². The third-order valence-corrected chi connectivity index (χ3v) is 7.27. The molecule has 0 atom stereocenters. The number of ketones is 1. The highest BCUT2D eigenvalue weighted by Crippen LogP contribution is 2.28. The molecule has 0 bridgehead atoms. The first-order chi connectivity index (χ1) is 19.7. The summed E-state index contributed by atoms with van der Waals surface area (Å²) in [5, 5.41) is 17.2. The first-order valence-electron chi connectivity index (χ1n) is 13.7. The molecule has 2 N–H and O–H groups in total. The molecule has 9 heteroatoms. The van der Waals surface area contributed by atoms with E-state index in [0.29, 0.717) is 17.7 Å². The minimum Gasteiger partial charge on any atom is -0.478 e. The van der Waals surface area contributed by atoms with Gasteiger partial charge in [-0.05, 0) is 67.8 Å². The zero-order valence-electron chi connectivity index (χ0n) is 23.2. The van der Waals surface area contributed by atoms with Gasteiger partial charge in [-0.15, -0.1) is 0 Å². The molecular weight excluding hydrogens is 522 g/mol. The van der Waals surface area contributed by atoms with E-state index in [-0.39, 0.29) is 22.8 Å². The number of hydrogen-bond acceptors (Lipinski definition) is 6. The number of anilines is 1. The summed E-state index contributed by atoms with van der Waals surface area (Å²) in [6, 6.07) is 21.9. The molecule has 0 unspecified atom stereocenters. The van der Waals surface area contributed by atoms with Gasteiger partial charge in [0.05, 0.1) is 22.4 Å². The predicted molar refractivity (Wildman–Crippen MR) is 156 cm³/mol. The smallest absolute Gasteiger partial charge is 0.335 e. The SMILES string of the molecule is Cc1cc(C(=O)O)cc(C(=O)O)c1.O=C1C(=O)N(CCCCN2CCN(Cc3ccccc3)CC2)c2ccccc21. The lowest BCUT2D eigenvalue weighted by atomic mass is 10.1. The van der Waals surface area contributed by atoms with Crippen molar-refractivity contribution in [3.05, 3.63) is 101 Å². The molecule has 1 fully saturated rings. The fraction of sp³-hybridized carbons (Fsp3) is 0.312. The van der Waals surface area contributed by atoms with Gasteiger partial charge in [-0.25, -0.2) is 9.59 Å². The Morgan fingerprint density at radius 2 is 1.29 bits per heavy atom. The number of carbonyl (C=O) groups is 4. The van der Waals surface area contributed by atoms with Gasteiger partial charge in [0.2, 0.25) is 0 Å². The minimum atomic E-state index is -1.12. The summed E-state index contributed by atoms with van der Waals surface area (Å²) in [7, 11) is 0. The maximum Gasteiger partial charge on any atom is 0.335 e. The molecule has 9 nitrogen and oxygen atoms in total. The normalized spacial score (nSPS) is 15.3. The quantitative estimate of drug-likeness (QED) is 0.297. The average Bonchev–Trinajstić information content (AvgIpc) is 3.21. The summed E-state index contributed by atoms with van der Waals surface area (Å²) in [5.74, 6) is -2.99. The zero-order valence-corrected chi connectivity index (χ0v) is 23.2. The van der Waals surface area contributed by atoms with E-state index < -0.39 is 11.9 Å². The number of rotatable bonds is 9. The van der Waals surface area contributed by atoms with Crippen LogP contribution in [0, 0.1) is 6.92 Å². The molecule has 1 amide bonds. The largest absolute Gasteiger partial charge is 0.478 e. The first-order valence-corrected chi connectivity index (χ1v) is 13.7. The number of benzene rings is 3. The number of unbranched alkanes of at least 4 members (excludes halogenated alkanes) is 1. The van der Waals surface area contributed by atoms with Crippen LogP contribution in [0.2, 0.25) is 0 Å². The van der Waals surface area contributed by atoms with Crippen LogP contribution in [0.15, 0.2) is 72.8 Å². The Balaban J connectivity index is 0.000000251. The fourth-order valence-electron chi connectivity index (χ4n) is 5.12. The van der Waals surface area contributed by atoms with Gasteiger partial charge >= 0.3 is 11.9 Å². The number of nitrogens with zero attached hydrogens (tertiary/aromatic N) is 3. The number of piperazine rings is 1. The summed E-state index contributed by atoms with van der Waals surface area (Å²) in [5.41, 5.74) is 3.31. The van der Waals surface area contributed by atoms with Crippen LogP contribution in [0.1, 0.15) is 55.0 Å². The summed E-state index contributed by atoms with van der Waals surface area (Å²) >= 11 is 0. The zero-order chi connectivity index (χ0) is 29.4. The van der Waals surface area contributed by atoms with Gasteiger partial charge in [0.15, 0.2) is 0 Å². The average molecular weight is 558 g/mol. The Labute approximate surface area is 239 Å². The van der Waals surface area contributed by atoms with Crippen molar-refractivity contribution in [2.45, 2.75) is 26.3 Å². The van der Waals surface area contributed by atoms with Crippen molar-refractivity contribution in [2.75, 3.05) is 44.2 Å². The number of carbonyl (C=O) groups excluding carboxylic acids is 2. The maximum atomic E-state index is 12.2. The number of carboxylic acids is 2. The monoisotopic (exact) mass is 557 g/mol. The lowest BCUT2D eigenvalue weighted by Gasteiger charge is -2.34. The van der Waals surface area contributed by atoms with Crippen LogP contribution in [0.25, 0.3) is 0 Å². The van der Waals surface area contributed by atoms with Crippen molar-refractivity contribution < 1.29 is 29.4 Å². The lowest BCUT2D eigenvalue weighted by molar-refractivity contribution is -0.114. The van der Waals surface area contributed by atoms with Crippen LogP contribution in [0.5, 0.6) is 0 Å². The number of Topliss-reactive ketones (excluding diaryl/α,β-unsaturated/α-hetero) is 1. The molecule has 2 aliphatic rings. The van der Waals surface area contributed by atoms with E-state index in [9.17, 15) is 19.2 Å². The van der Waals surface area contributed by atoms with Crippen molar-refractivity contribution in [1.82, 2.24) is 9.80 Å². The van der Waals surface area contributed by atoms with Crippen LogP contribution in [0.3, 0.4) is 0 Å². The lowest BCUT2D eigenvalue weighted by Crippen LogP contribution is -2.46. The molecule has 1 saturated heterocycles. The number of aromatic carboxylic acids is 2. The van der Waals surface area contributed by atoms with Gasteiger partial charge in [0.25, 0.3) is 11.7 Å². The van der Waals surface area contributed by atoms with Crippen molar-refractivity contribution in [3.8, 4) is 0 Å². The molecule has 41 heavy (non-hydrogen) atoms. The Morgan fingerprint density at radius 3 is 1.93 bits per heavy atom. The summed E-state index contributed by atoms with van der Waals surface area (Å²) in [4.78, 5) is 52.0. The van der Waals surface area contributed by atoms with Crippen molar-refractivity contribution in [3.63, 3.8) is 0 Å². The van der Waals surface area contributed by atoms with Gasteiger partial charge in [-0.2, -0.15) is 0 Å². The van der Waals surface area contributed by atoms with Crippen LogP contribution < -0.4 is 4.90 Å². The molecule has 5 rings (SSSR count). The van der Waals surface area contributed by atoms with E-state index in [1.54, 1.807) is 17.9 Å².